The second kappa shape index (κ2) is 7.27. The third-order valence-corrected chi connectivity index (χ3v) is 2.99. The van der Waals surface area contributed by atoms with Crippen LogP contribution in [0.2, 0.25) is 0 Å². The standard InChI is InChI=1S/C11H14BrFN2O3/c12-8-6-11(15(17)18)10(7-9(8)13)14-4-2-1-3-5-16/h6-7,14,16H,1-5H2. The summed E-state index contributed by atoms with van der Waals surface area (Å²) in [5.41, 5.74) is 0.00938. The number of nitro benzene ring substituents is 1. The molecule has 0 heterocycles. The summed E-state index contributed by atoms with van der Waals surface area (Å²) < 4.78 is 13.4. The Balaban J connectivity index is 2.68. The molecule has 0 bridgehead atoms. The van der Waals surface area contributed by atoms with E-state index in [1.165, 1.54) is 0 Å². The molecule has 0 unspecified atom stereocenters. The predicted octanol–water partition coefficient (Wildman–Crippen LogP) is 3.07. The van der Waals surface area contributed by atoms with Gasteiger partial charge in [-0.25, -0.2) is 4.39 Å². The van der Waals surface area contributed by atoms with Crippen molar-refractivity contribution in [3.63, 3.8) is 0 Å². The average Bonchev–Trinajstić information content (AvgIpc) is 2.32. The van der Waals surface area contributed by atoms with Crippen molar-refractivity contribution < 1.29 is 14.4 Å². The number of nitro groups is 1. The van der Waals surface area contributed by atoms with Gasteiger partial charge in [-0.1, -0.05) is 0 Å². The smallest absolute Gasteiger partial charge is 0.293 e. The monoisotopic (exact) mass is 320 g/mol. The summed E-state index contributed by atoms with van der Waals surface area (Å²) in [6, 6.07) is 2.25. The molecule has 0 atom stereocenters. The minimum Gasteiger partial charge on any atom is -0.396 e. The van der Waals surface area contributed by atoms with Crippen LogP contribution in [0.15, 0.2) is 16.6 Å². The number of benzene rings is 1. The lowest BCUT2D eigenvalue weighted by molar-refractivity contribution is -0.384. The Morgan fingerprint density at radius 3 is 2.72 bits per heavy atom. The highest BCUT2D eigenvalue weighted by atomic mass is 79.9. The van der Waals surface area contributed by atoms with Crippen LogP contribution in [0.1, 0.15) is 19.3 Å². The van der Waals surface area contributed by atoms with E-state index in [1.54, 1.807) is 0 Å². The lowest BCUT2D eigenvalue weighted by atomic mass is 10.2. The number of nitrogens with one attached hydrogen (secondary N) is 1. The van der Waals surface area contributed by atoms with Gasteiger partial charge < -0.3 is 10.4 Å². The van der Waals surface area contributed by atoms with Crippen LogP contribution in [0.25, 0.3) is 0 Å². The second-order valence-electron chi connectivity index (χ2n) is 3.75. The number of nitrogens with zero attached hydrogens (tertiary/aromatic N) is 1. The number of unbranched alkanes of at least 4 members (excludes halogenated alkanes) is 2. The number of halogens is 2. The molecule has 0 aromatic heterocycles. The Morgan fingerprint density at radius 1 is 1.39 bits per heavy atom. The molecule has 1 rings (SSSR count). The first-order valence-corrected chi connectivity index (χ1v) is 6.33. The molecule has 0 radical (unpaired) electrons. The first-order valence-electron chi connectivity index (χ1n) is 5.54. The van der Waals surface area contributed by atoms with E-state index in [-0.39, 0.29) is 22.5 Å². The van der Waals surface area contributed by atoms with Gasteiger partial charge in [-0.15, -0.1) is 0 Å². The summed E-state index contributed by atoms with van der Waals surface area (Å²) in [5.74, 6) is -0.543. The van der Waals surface area contributed by atoms with Crippen molar-refractivity contribution in [1.82, 2.24) is 0 Å². The quantitative estimate of drug-likeness (QED) is 0.460. The van der Waals surface area contributed by atoms with Crippen molar-refractivity contribution in [1.29, 1.82) is 0 Å². The maximum absolute atomic E-state index is 13.3. The number of aliphatic hydroxyl groups excluding tert-OH is 1. The molecular formula is C11H14BrFN2O3. The van der Waals surface area contributed by atoms with Crippen molar-refractivity contribution in [2.75, 3.05) is 18.5 Å². The second-order valence-corrected chi connectivity index (χ2v) is 4.61. The Labute approximate surface area is 112 Å². The van der Waals surface area contributed by atoms with Crippen molar-refractivity contribution in [2.45, 2.75) is 19.3 Å². The van der Waals surface area contributed by atoms with Crippen LogP contribution in [0.5, 0.6) is 0 Å². The van der Waals surface area contributed by atoms with Crippen molar-refractivity contribution >= 4 is 27.3 Å². The topological polar surface area (TPSA) is 75.4 Å². The summed E-state index contributed by atoms with van der Waals surface area (Å²) in [4.78, 5) is 10.3. The van der Waals surface area contributed by atoms with Gasteiger partial charge in [0.05, 0.1) is 9.40 Å². The van der Waals surface area contributed by atoms with E-state index in [1.807, 2.05) is 0 Å². The largest absolute Gasteiger partial charge is 0.396 e. The normalized spacial score (nSPS) is 10.4. The van der Waals surface area contributed by atoms with Gasteiger partial charge in [-0.05, 0) is 35.2 Å². The molecule has 0 spiro atoms. The van der Waals surface area contributed by atoms with Crippen LogP contribution in [-0.2, 0) is 0 Å². The Bertz CT molecular complexity index is 429. The highest BCUT2D eigenvalue weighted by Crippen LogP contribution is 2.30. The number of hydrogen-bond donors (Lipinski definition) is 2. The van der Waals surface area contributed by atoms with E-state index in [0.717, 1.165) is 25.0 Å². The highest BCUT2D eigenvalue weighted by molar-refractivity contribution is 9.10. The molecule has 18 heavy (non-hydrogen) atoms. The zero-order valence-electron chi connectivity index (χ0n) is 9.66. The summed E-state index contributed by atoms with van der Waals surface area (Å²) in [6.45, 7) is 0.634. The SMILES string of the molecule is O=[N+]([O-])c1cc(Br)c(F)cc1NCCCCCO. The van der Waals surface area contributed by atoms with Crippen molar-refractivity contribution in [3.05, 3.63) is 32.5 Å². The number of anilines is 1. The fourth-order valence-corrected chi connectivity index (χ4v) is 1.80. The van der Waals surface area contributed by atoms with E-state index in [2.05, 4.69) is 21.2 Å². The van der Waals surface area contributed by atoms with E-state index in [4.69, 9.17) is 5.11 Å². The first kappa shape index (κ1) is 14.8. The van der Waals surface area contributed by atoms with Crippen LogP contribution in [-0.4, -0.2) is 23.2 Å². The van der Waals surface area contributed by atoms with E-state index in [0.29, 0.717) is 13.0 Å². The third kappa shape index (κ3) is 4.23. The minimum absolute atomic E-state index is 0.0695. The van der Waals surface area contributed by atoms with Gasteiger partial charge in [0.1, 0.15) is 11.5 Å². The molecule has 0 amide bonds. The summed E-state index contributed by atoms with van der Waals surface area (Å²) in [7, 11) is 0. The minimum atomic E-state index is -0.555. The lowest BCUT2D eigenvalue weighted by Crippen LogP contribution is -2.05. The molecule has 0 aliphatic rings. The molecule has 0 aliphatic heterocycles. The molecular weight excluding hydrogens is 307 g/mol. The van der Waals surface area contributed by atoms with Gasteiger partial charge in [0.25, 0.3) is 5.69 Å². The van der Waals surface area contributed by atoms with Crippen LogP contribution < -0.4 is 5.32 Å². The molecule has 0 saturated carbocycles. The van der Waals surface area contributed by atoms with Crippen LogP contribution in [0, 0.1) is 15.9 Å². The molecule has 100 valence electrons. The summed E-state index contributed by atoms with van der Waals surface area (Å²) >= 11 is 2.92. The van der Waals surface area contributed by atoms with E-state index in [9.17, 15) is 14.5 Å². The Morgan fingerprint density at radius 2 is 2.11 bits per heavy atom. The van der Waals surface area contributed by atoms with E-state index < -0.39 is 10.7 Å². The molecule has 2 N–H and O–H groups in total. The van der Waals surface area contributed by atoms with Gasteiger partial charge in [0.15, 0.2) is 0 Å². The number of aliphatic hydroxyl groups is 1. The molecule has 1 aromatic carbocycles. The number of rotatable bonds is 7. The summed E-state index contributed by atoms with van der Waals surface area (Å²) in [6.07, 6.45) is 2.27. The Kier molecular flexibility index (Phi) is 6.00. The molecule has 0 fully saturated rings. The van der Waals surface area contributed by atoms with Gasteiger partial charge in [-0.2, -0.15) is 0 Å². The predicted molar refractivity (Wildman–Crippen MR) is 70.2 cm³/mol. The zero-order chi connectivity index (χ0) is 13.5. The Hall–Kier alpha value is -1.21. The highest BCUT2D eigenvalue weighted by Gasteiger charge is 2.16. The zero-order valence-corrected chi connectivity index (χ0v) is 11.2. The fraction of sp³-hybridized carbons (Fsp3) is 0.455. The fourth-order valence-electron chi connectivity index (χ4n) is 1.47. The van der Waals surface area contributed by atoms with Gasteiger partial charge in [-0.3, -0.25) is 10.1 Å². The molecule has 5 nitrogen and oxygen atoms in total. The van der Waals surface area contributed by atoms with Crippen LogP contribution in [0.3, 0.4) is 0 Å². The third-order valence-electron chi connectivity index (χ3n) is 2.39. The molecule has 0 saturated heterocycles. The average molecular weight is 321 g/mol. The van der Waals surface area contributed by atoms with Crippen molar-refractivity contribution in [2.24, 2.45) is 0 Å². The van der Waals surface area contributed by atoms with Gasteiger partial charge in [0, 0.05) is 25.3 Å². The maximum atomic E-state index is 13.3. The number of hydrogen-bond acceptors (Lipinski definition) is 4. The lowest BCUT2D eigenvalue weighted by Gasteiger charge is -2.07. The first-order chi connectivity index (χ1) is 8.56. The van der Waals surface area contributed by atoms with Crippen molar-refractivity contribution in [3.8, 4) is 0 Å². The van der Waals surface area contributed by atoms with Crippen LogP contribution >= 0.6 is 15.9 Å². The van der Waals surface area contributed by atoms with Gasteiger partial charge >= 0.3 is 0 Å². The maximum Gasteiger partial charge on any atom is 0.293 e. The van der Waals surface area contributed by atoms with Crippen LogP contribution in [0.4, 0.5) is 15.8 Å². The molecule has 1 aromatic rings. The molecule has 0 aliphatic carbocycles. The van der Waals surface area contributed by atoms with Gasteiger partial charge in [0.2, 0.25) is 0 Å². The van der Waals surface area contributed by atoms with E-state index >= 15 is 0 Å². The molecule has 7 heteroatoms. The summed E-state index contributed by atoms with van der Waals surface area (Å²) in [5, 5.41) is 22.2.